The minimum absolute atomic E-state index is 0.427. The minimum atomic E-state index is 0.427. The molecule has 2 rings (SSSR count). The molecule has 2 unspecified atom stereocenters. The van der Waals surface area contributed by atoms with Gasteiger partial charge in [-0.1, -0.05) is 20.8 Å². The Morgan fingerprint density at radius 1 is 1.17 bits per heavy atom. The molecule has 1 spiro atoms. The summed E-state index contributed by atoms with van der Waals surface area (Å²) >= 11 is 0. The van der Waals surface area contributed by atoms with Gasteiger partial charge < -0.3 is 5.73 Å². The number of rotatable bonds is 1. The third-order valence-corrected chi connectivity index (χ3v) is 4.74. The molecule has 0 aliphatic heterocycles. The van der Waals surface area contributed by atoms with Crippen LogP contribution in [0.5, 0.6) is 0 Å². The average Bonchev–Trinajstić information content (AvgIpc) is 2.74. The lowest BCUT2D eigenvalue weighted by Crippen LogP contribution is -2.43. The third kappa shape index (κ3) is 0.891. The van der Waals surface area contributed by atoms with Crippen molar-refractivity contribution in [2.24, 2.45) is 22.5 Å². The summed E-state index contributed by atoms with van der Waals surface area (Å²) in [6, 6.07) is 0.477. The molecule has 0 bridgehead atoms. The zero-order valence-electron chi connectivity index (χ0n) is 8.56. The predicted molar refractivity (Wildman–Crippen MR) is 51.8 cm³/mol. The van der Waals surface area contributed by atoms with Crippen molar-refractivity contribution < 1.29 is 0 Å². The molecular formula is C11H21N. The molecule has 0 amide bonds. The molecule has 2 aliphatic rings. The van der Waals surface area contributed by atoms with E-state index >= 15 is 0 Å². The van der Waals surface area contributed by atoms with Crippen LogP contribution in [0.4, 0.5) is 0 Å². The molecule has 2 atom stereocenters. The van der Waals surface area contributed by atoms with E-state index in [1.165, 1.54) is 25.7 Å². The van der Waals surface area contributed by atoms with Crippen molar-refractivity contribution in [3.63, 3.8) is 0 Å². The van der Waals surface area contributed by atoms with Gasteiger partial charge >= 0.3 is 0 Å². The van der Waals surface area contributed by atoms with E-state index < -0.39 is 0 Å². The lowest BCUT2D eigenvalue weighted by Gasteiger charge is -2.35. The Labute approximate surface area is 75.7 Å². The van der Waals surface area contributed by atoms with E-state index in [2.05, 4.69) is 20.8 Å². The molecule has 2 saturated carbocycles. The third-order valence-electron chi connectivity index (χ3n) is 4.74. The van der Waals surface area contributed by atoms with Crippen LogP contribution in [0, 0.1) is 16.7 Å². The molecule has 2 aliphatic carbocycles. The van der Waals surface area contributed by atoms with Crippen LogP contribution in [0.15, 0.2) is 0 Å². The number of hydrogen-bond acceptors (Lipinski definition) is 1. The molecule has 1 heteroatoms. The van der Waals surface area contributed by atoms with Crippen LogP contribution in [0.25, 0.3) is 0 Å². The van der Waals surface area contributed by atoms with Gasteiger partial charge in [0.2, 0.25) is 0 Å². The molecule has 0 aromatic rings. The fraction of sp³-hybridized carbons (Fsp3) is 1.00. The smallest absolute Gasteiger partial charge is 0.0152 e. The number of nitrogens with two attached hydrogens (primary N) is 1. The van der Waals surface area contributed by atoms with E-state index in [4.69, 9.17) is 5.73 Å². The van der Waals surface area contributed by atoms with E-state index in [-0.39, 0.29) is 0 Å². The molecule has 2 fully saturated rings. The highest BCUT2D eigenvalue weighted by Gasteiger charge is 2.59. The lowest BCUT2D eigenvalue weighted by molar-refractivity contribution is 0.178. The molecule has 2 N–H and O–H groups in total. The quantitative estimate of drug-likeness (QED) is 0.638. The molecule has 70 valence electrons. The molecule has 0 aromatic heterocycles. The zero-order chi connectivity index (χ0) is 8.98. The summed E-state index contributed by atoms with van der Waals surface area (Å²) in [5.41, 5.74) is 7.38. The summed E-state index contributed by atoms with van der Waals surface area (Å²) < 4.78 is 0. The van der Waals surface area contributed by atoms with Gasteiger partial charge in [-0.2, -0.15) is 0 Å². The fourth-order valence-corrected chi connectivity index (χ4v) is 2.90. The fourth-order valence-electron chi connectivity index (χ4n) is 2.90. The largest absolute Gasteiger partial charge is 0.327 e. The Morgan fingerprint density at radius 3 is 1.92 bits per heavy atom. The van der Waals surface area contributed by atoms with E-state index in [1.807, 2.05) is 0 Å². The first-order valence-corrected chi connectivity index (χ1v) is 5.27. The van der Waals surface area contributed by atoms with Crippen molar-refractivity contribution in [1.82, 2.24) is 0 Å². The van der Waals surface area contributed by atoms with Crippen molar-refractivity contribution in [2.45, 2.75) is 52.5 Å². The van der Waals surface area contributed by atoms with Gasteiger partial charge in [0, 0.05) is 6.04 Å². The number of hydrogen-bond donors (Lipinski definition) is 1. The summed E-state index contributed by atoms with van der Waals surface area (Å²) in [7, 11) is 0. The SMILES string of the molecule is CC(C)C1(C)CCC2(CC2)C1N. The molecule has 0 aromatic carbocycles. The molecule has 1 nitrogen and oxygen atoms in total. The Bertz CT molecular complexity index is 193. The summed E-state index contributed by atoms with van der Waals surface area (Å²) in [4.78, 5) is 0. The Kier molecular flexibility index (Phi) is 1.61. The second-order valence-corrected chi connectivity index (χ2v) is 5.50. The first kappa shape index (κ1) is 8.55. The normalized spacial score (nSPS) is 44.2. The van der Waals surface area contributed by atoms with Crippen LogP contribution in [0.2, 0.25) is 0 Å². The minimum Gasteiger partial charge on any atom is -0.327 e. The van der Waals surface area contributed by atoms with Gasteiger partial charge in [-0.25, -0.2) is 0 Å². The second-order valence-electron chi connectivity index (χ2n) is 5.50. The first-order chi connectivity index (χ1) is 5.51. The van der Waals surface area contributed by atoms with Gasteiger partial charge in [0.15, 0.2) is 0 Å². The van der Waals surface area contributed by atoms with Crippen LogP contribution < -0.4 is 5.73 Å². The highest BCUT2D eigenvalue weighted by atomic mass is 14.8. The van der Waals surface area contributed by atoms with Gasteiger partial charge in [0.05, 0.1) is 0 Å². The predicted octanol–water partition coefficient (Wildman–Crippen LogP) is 2.55. The molecule has 12 heavy (non-hydrogen) atoms. The van der Waals surface area contributed by atoms with Gasteiger partial charge in [0.25, 0.3) is 0 Å². The van der Waals surface area contributed by atoms with Crippen LogP contribution in [-0.2, 0) is 0 Å². The molecule has 0 radical (unpaired) electrons. The lowest BCUT2D eigenvalue weighted by atomic mass is 9.73. The van der Waals surface area contributed by atoms with Crippen LogP contribution in [0.1, 0.15) is 46.5 Å². The van der Waals surface area contributed by atoms with Crippen molar-refractivity contribution in [1.29, 1.82) is 0 Å². The highest BCUT2D eigenvalue weighted by Crippen LogP contribution is 2.64. The Hall–Kier alpha value is -0.0400. The van der Waals surface area contributed by atoms with Gasteiger partial charge in [-0.15, -0.1) is 0 Å². The highest BCUT2D eigenvalue weighted by molar-refractivity contribution is 5.13. The van der Waals surface area contributed by atoms with E-state index in [0.717, 1.165) is 5.92 Å². The summed E-state index contributed by atoms with van der Waals surface area (Å²) in [6.07, 6.45) is 5.54. The standard InChI is InChI=1S/C11H21N/c1-8(2)10(3)4-5-11(6-7-11)9(10)12/h8-9H,4-7,12H2,1-3H3. The topological polar surface area (TPSA) is 26.0 Å². The zero-order valence-corrected chi connectivity index (χ0v) is 8.56. The Balaban J connectivity index is 2.19. The van der Waals surface area contributed by atoms with Gasteiger partial charge in [0.1, 0.15) is 0 Å². The van der Waals surface area contributed by atoms with Crippen LogP contribution in [0.3, 0.4) is 0 Å². The summed E-state index contributed by atoms with van der Waals surface area (Å²) in [6.45, 7) is 7.03. The monoisotopic (exact) mass is 167 g/mol. The first-order valence-electron chi connectivity index (χ1n) is 5.27. The van der Waals surface area contributed by atoms with Crippen molar-refractivity contribution >= 4 is 0 Å². The van der Waals surface area contributed by atoms with E-state index in [0.29, 0.717) is 16.9 Å². The second kappa shape index (κ2) is 2.25. The summed E-state index contributed by atoms with van der Waals surface area (Å²) in [5, 5.41) is 0. The van der Waals surface area contributed by atoms with Crippen molar-refractivity contribution in [2.75, 3.05) is 0 Å². The van der Waals surface area contributed by atoms with Crippen molar-refractivity contribution in [3.8, 4) is 0 Å². The molecule has 0 heterocycles. The van der Waals surface area contributed by atoms with Crippen LogP contribution >= 0.6 is 0 Å². The summed E-state index contributed by atoms with van der Waals surface area (Å²) in [5.74, 6) is 0.743. The van der Waals surface area contributed by atoms with Crippen LogP contribution in [-0.4, -0.2) is 6.04 Å². The van der Waals surface area contributed by atoms with E-state index in [1.54, 1.807) is 0 Å². The van der Waals surface area contributed by atoms with E-state index in [9.17, 15) is 0 Å². The van der Waals surface area contributed by atoms with Gasteiger partial charge in [-0.3, -0.25) is 0 Å². The Morgan fingerprint density at radius 2 is 1.67 bits per heavy atom. The maximum Gasteiger partial charge on any atom is 0.0152 e. The average molecular weight is 167 g/mol. The molecule has 0 saturated heterocycles. The maximum atomic E-state index is 6.35. The van der Waals surface area contributed by atoms with Crippen molar-refractivity contribution in [3.05, 3.63) is 0 Å². The molecular weight excluding hydrogens is 146 g/mol. The maximum absolute atomic E-state index is 6.35. The van der Waals surface area contributed by atoms with Gasteiger partial charge in [-0.05, 0) is 42.4 Å².